The average molecular weight is 548 g/mol. The number of pyridine rings is 1. The molecule has 2 aromatic heterocycles. The molecule has 0 saturated carbocycles. The molecule has 0 unspecified atom stereocenters. The first-order chi connectivity index (χ1) is 16.8. The first kappa shape index (κ1) is 23.3. The van der Waals surface area contributed by atoms with Crippen LogP contribution in [0.4, 0.5) is 5.69 Å². The van der Waals surface area contributed by atoms with Crippen molar-refractivity contribution in [3.05, 3.63) is 106 Å². The summed E-state index contributed by atoms with van der Waals surface area (Å²) in [5, 5.41) is 13.3. The van der Waals surface area contributed by atoms with Gasteiger partial charge in [-0.1, -0.05) is 28.1 Å². The second kappa shape index (κ2) is 9.28. The van der Waals surface area contributed by atoms with Crippen LogP contribution in [0.3, 0.4) is 0 Å². The van der Waals surface area contributed by atoms with Crippen molar-refractivity contribution in [2.45, 2.75) is 25.9 Å². The van der Waals surface area contributed by atoms with Crippen LogP contribution >= 0.6 is 28.1 Å². The van der Waals surface area contributed by atoms with Crippen molar-refractivity contribution in [1.29, 1.82) is 0 Å². The lowest BCUT2D eigenvalue weighted by atomic mass is 10.0. The van der Waals surface area contributed by atoms with Gasteiger partial charge in [0.2, 0.25) is 0 Å². The second-order valence-corrected chi connectivity index (χ2v) is 9.71. The molecule has 0 spiro atoms. The Balaban J connectivity index is 1.60. The molecule has 2 N–H and O–H groups in total. The lowest BCUT2D eigenvalue weighted by Crippen LogP contribution is -2.29. The fraction of sp³-hybridized carbons (Fsp3) is 0.148. The summed E-state index contributed by atoms with van der Waals surface area (Å²) in [5.74, 6) is 0.438. The van der Waals surface area contributed by atoms with Gasteiger partial charge in [0.25, 0.3) is 0 Å². The van der Waals surface area contributed by atoms with Gasteiger partial charge in [0, 0.05) is 21.9 Å². The highest BCUT2D eigenvalue weighted by molar-refractivity contribution is 9.10. The molecule has 2 atom stereocenters. The van der Waals surface area contributed by atoms with Gasteiger partial charge in [-0.25, -0.2) is 4.79 Å². The van der Waals surface area contributed by atoms with Gasteiger partial charge < -0.3 is 19.7 Å². The third kappa shape index (κ3) is 4.35. The van der Waals surface area contributed by atoms with Gasteiger partial charge >= 0.3 is 5.97 Å². The summed E-state index contributed by atoms with van der Waals surface area (Å²) in [6, 6.07) is 20.3. The number of carboxylic acid groups (broad SMARTS) is 1. The number of benzene rings is 2. The third-order valence-electron chi connectivity index (χ3n) is 6.17. The first-order valence-corrected chi connectivity index (χ1v) is 12.2. The van der Waals surface area contributed by atoms with E-state index in [1.165, 1.54) is 0 Å². The van der Waals surface area contributed by atoms with Gasteiger partial charge in [0.15, 0.2) is 5.11 Å². The number of halogens is 1. The number of carboxylic acids is 1. The van der Waals surface area contributed by atoms with Crippen LogP contribution in [0.2, 0.25) is 0 Å². The number of furan rings is 1. The number of aromatic carboxylic acids is 1. The van der Waals surface area contributed by atoms with Crippen LogP contribution in [0, 0.1) is 13.8 Å². The van der Waals surface area contributed by atoms with Crippen LogP contribution in [-0.4, -0.2) is 21.2 Å². The Labute approximate surface area is 216 Å². The summed E-state index contributed by atoms with van der Waals surface area (Å²) in [6.45, 7) is 3.92. The van der Waals surface area contributed by atoms with E-state index in [0.29, 0.717) is 10.9 Å². The first-order valence-electron chi connectivity index (χ1n) is 11.0. The Bertz CT molecular complexity index is 1440. The minimum Gasteiger partial charge on any atom is -0.478 e. The van der Waals surface area contributed by atoms with Crippen molar-refractivity contribution in [3.63, 3.8) is 0 Å². The van der Waals surface area contributed by atoms with E-state index in [2.05, 4.69) is 37.2 Å². The largest absolute Gasteiger partial charge is 0.478 e. The lowest BCUT2D eigenvalue weighted by molar-refractivity contribution is 0.0697. The minimum atomic E-state index is -0.955. The molecular formula is C27H22BrN3O3S. The van der Waals surface area contributed by atoms with Gasteiger partial charge in [0.1, 0.15) is 17.6 Å². The standard InChI is InChI=1S/C27H22BrN3O3S/c1-15-13-17(26(32)33)6-8-19(15)22-10-11-23(34-22)25-24(21-5-3-4-12-29-21)30-27(35)31(25)18-7-9-20(28)16(2)14-18/h3-14,24-25H,1-2H3,(H,30,35)(H,32,33)/t24-,25-/m0/s1. The van der Waals surface area contributed by atoms with E-state index in [1.807, 2.05) is 56.3 Å². The van der Waals surface area contributed by atoms with E-state index >= 15 is 0 Å². The van der Waals surface area contributed by atoms with E-state index in [4.69, 9.17) is 16.6 Å². The number of anilines is 1. The molecule has 0 radical (unpaired) electrons. The van der Waals surface area contributed by atoms with Crippen molar-refractivity contribution >= 4 is 44.9 Å². The van der Waals surface area contributed by atoms with Crippen molar-refractivity contribution in [2.75, 3.05) is 4.90 Å². The molecule has 5 rings (SSSR count). The van der Waals surface area contributed by atoms with Gasteiger partial charge in [0.05, 0.1) is 17.3 Å². The monoisotopic (exact) mass is 547 g/mol. The zero-order chi connectivity index (χ0) is 24.7. The highest BCUT2D eigenvalue weighted by Crippen LogP contribution is 2.43. The third-order valence-corrected chi connectivity index (χ3v) is 7.38. The maximum atomic E-state index is 11.3. The normalized spacial score (nSPS) is 17.5. The fourth-order valence-corrected chi connectivity index (χ4v) is 5.02. The van der Waals surface area contributed by atoms with E-state index in [9.17, 15) is 9.90 Å². The summed E-state index contributed by atoms with van der Waals surface area (Å²) in [6.07, 6.45) is 1.77. The van der Waals surface area contributed by atoms with Gasteiger partial charge in [-0.05, 0) is 91.8 Å². The number of aryl methyl sites for hydroxylation is 2. The van der Waals surface area contributed by atoms with Crippen molar-refractivity contribution in [2.24, 2.45) is 0 Å². The van der Waals surface area contributed by atoms with Gasteiger partial charge in [-0.15, -0.1) is 0 Å². The Kier molecular flexibility index (Phi) is 6.17. The Morgan fingerprint density at radius 3 is 2.60 bits per heavy atom. The lowest BCUT2D eigenvalue weighted by Gasteiger charge is -2.26. The fourth-order valence-electron chi connectivity index (χ4n) is 4.43. The Hall–Kier alpha value is -3.49. The maximum Gasteiger partial charge on any atom is 0.335 e. The van der Waals surface area contributed by atoms with Crippen LogP contribution in [0.5, 0.6) is 0 Å². The average Bonchev–Trinajstić information content (AvgIpc) is 3.46. The number of nitrogens with zero attached hydrogens (tertiary/aromatic N) is 2. The molecule has 3 heterocycles. The van der Waals surface area contributed by atoms with Crippen molar-refractivity contribution < 1.29 is 14.3 Å². The highest BCUT2D eigenvalue weighted by atomic mass is 79.9. The van der Waals surface area contributed by atoms with E-state index < -0.39 is 5.97 Å². The smallest absolute Gasteiger partial charge is 0.335 e. The Morgan fingerprint density at radius 2 is 1.91 bits per heavy atom. The zero-order valence-corrected chi connectivity index (χ0v) is 21.4. The molecule has 176 valence electrons. The maximum absolute atomic E-state index is 11.3. The SMILES string of the molecule is Cc1cc(N2C(=S)N[C@@H](c3ccccn3)[C@@H]2c2ccc(-c3ccc(C(=O)O)cc3C)o2)ccc1Br. The summed E-state index contributed by atoms with van der Waals surface area (Å²) in [7, 11) is 0. The van der Waals surface area contributed by atoms with Crippen LogP contribution in [0.1, 0.15) is 45.0 Å². The van der Waals surface area contributed by atoms with Gasteiger partial charge in [-0.2, -0.15) is 0 Å². The van der Waals surface area contributed by atoms with Crippen molar-refractivity contribution in [1.82, 2.24) is 10.3 Å². The molecule has 1 saturated heterocycles. The second-order valence-electron chi connectivity index (χ2n) is 8.47. The quantitative estimate of drug-likeness (QED) is 0.272. The molecule has 0 bridgehead atoms. The zero-order valence-electron chi connectivity index (χ0n) is 19.0. The molecule has 0 amide bonds. The molecule has 1 aliphatic heterocycles. The molecular weight excluding hydrogens is 526 g/mol. The summed E-state index contributed by atoms with van der Waals surface area (Å²) in [5.41, 5.74) is 4.82. The molecule has 8 heteroatoms. The molecule has 6 nitrogen and oxygen atoms in total. The highest BCUT2D eigenvalue weighted by Gasteiger charge is 2.42. The molecule has 1 aliphatic rings. The van der Waals surface area contributed by atoms with Crippen LogP contribution in [-0.2, 0) is 0 Å². The number of aromatic nitrogens is 1. The van der Waals surface area contributed by atoms with E-state index in [1.54, 1.807) is 24.4 Å². The predicted octanol–water partition coefficient (Wildman–Crippen LogP) is 6.60. The summed E-state index contributed by atoms with van der Waals surface area (Å²) >= 11 is 9.37. The number of hydrogen-bond acceptors (Lipinski definition) is 4. The molecule has 1 fully saturated rings. The number of carbonyl (C=O) groups is 1. The summed E-state index contributed by atoms with van der Waals surface area (Å²) < 4.78 is 7.44. The topological polar surface area (TPSA) is 78.6 Å². The van der Waals surface area contributed by atoms with E-state index in [-0.39, 0.29) is 17.6 Å². The van der Waals surface area contributed by atoms with E-state index in [0.717, 1.165) is 38.3 Å². The molecule has 0 aliphatic carbocycles. The number of thiocarbonyl (C=S) groups is 1. The molecule has 2 aromatic carbocycles. The molecule has 35 heavy (non-hydrogen) atoms. The Morgan fingerprint density at radius 1 is 1.09 bits per heavy atom. The number of rotatable bonds is 5. The van der Waals surface area contributed by atoms with Crippen LogP contribution in [0.25, 0.3) is 11.3 Å². The number of hydrogen-bond donors (Lipinski definition) is 2. The summed E-state index contributed by atoms with van der Waals surface area (Å²) in [4.78, 5) is 18.0. The minimum absolute atomic E-state index is 0.220. The predicted molar refractivity (Wildman–Crippen MR) is 143 cm³/mol. The molecule has 4 aromatic rings. The van der Waals surface area contributed by atoms with Gasteiger partial charge in [-0.3, -0.25) is 4.98 Å². The van der Waals surface area contributed by atoms with Crippen molar-refractivity contribution in [3.8, 4) is 11.3 Å². The van der Waals surface area contributed by atoms with Crippen LogP contribution < -0.4 is 10.2 Å². The van der Waals surface area contributed by atoms with Crippen LogP contribution in [0.15, 0.2) is 81.8 Å². The number of nitrogens with one attached hydrogen (secondary N) is 1.